The summed E-state index contributed by atoms with van der Waals surface area (Å²) in [6.07, 6.45) is 0. The molecule has 0 aliphatic carbocycles. The van der Waals surface area contributed by atoms with Crippen LogP contribution in [0.25, 0.3) is 32.9 Å². The van der Waals surface area contributed by atoms with Crippen molar-refractivity contribution in [3.63, 3.8) is 0 Å². The number of aryl methyl sites for hydroxylation is 2. The molecule has 33 heavy (non-hydrogen) atoms. The Balaban J connectivity index is 1.65. The number of hydrogen-bond donors (Lipinski definition) is 0. The molecule has 0 saturated carbocycles. The van der Waals surface area contributed by atoms with Crippen molar-refractivity contribution in [3.8, 4) is 17.0 Å². The van der Waals surface area contributed by atoms with Gasteiger partial charge in [0.05, 0.1) is 21.8 Å². The van der Waals surface area contributed by atoms with Crippen LogP contribution in [0, 0.1) is 13.8 Å². The predicted molar refractivity (Wildman–Crippen MR) is 136 cm³/mol. The Morgan fingerprint density at radius 3 is 2.42 bits per heavy atom. The molecule has 0 atom stereocenters. The molecule has 0 aliphatic rings. The zero-order chi connectivity index (χ0) is 23.1. The van der Waals surface area contributed by atoms with Crippen molar-refractivity contribution < 1.29 is 9.53 Å². The topological polar surface area (TPSA) is 39.2 Å². The minimum Gasteiger partial charge on any atom is -0.423 e. The molecule has 5 heteroatoms. The van der Waals surface area contributed by atoms with Gasteiger partial charge in [-0.15, -0.1) is 0 Å². The molecule has 5 aromatic rings. The van der Waals surface area contributed by atoms with Gasteiger partial charge in [0.25, 0.3) is 0 Å². The zero-order valence-corrected chi connectivity index (χ0v) is 19.5. The Bertz CT molecular complexity index is 1560. The molecule has 0 amide bonds. The summed E-state index contributed by atoms with van der Waals surface area (Å²) in [7, 11) is 0. The average Bonchev–Trinajstić information content (AvgIpc) is 2.78. The molecule has 0 N–H and O–H groups in total. The number of carbonyl (C=O) groups is 1. The molecule has 0 saturated heterocycles. The first-order chi connectivity index (χ1) is 15.9. The number of ether oxygens (including phenoxy) is 1. The molecule has 0 spiro atoms. The number of nitrogens with zero attached hydrogens (tertiary/aromatic N) is 1. The van der Waals surface area contributed by atoms with Crippen LogP contribution >= 0.6 is 23.2 Å². The number of esters is 1. The summed E-state index contributed by atoms with van der Waals surface area (Å²) < 4.78 is 5.82. The van der Waals surface area contributed by atoms with Crippen molar-refractivity contribution in [1.82, 2.24) is 4.98 Å². The number of aromatic nitrogens is 1. The molecule has 162 valence electrons. The Labute approximate surface area is 201 Å². The maximum atomic E-state index is 13.4. The van der Waals surface area contributed by atoms with Crippen LogP contribution in [0.3, 0.4) is 0 Å². The second kappa shape index (κ2) is 8.51. The van der Waals surface area contributed by atoms with Crippen molar-refractivity contribution in [2.75, 3.05) is 0 Å². The number of fused-ring (bicyclic) bond motifs is 2. The fraction of sp³-hybridized carbons (Fsp3) is 0.0714. The summed E-state index contributed by atoms with van der Waals surface area (Å²) in [5.41, 5.74) is 4.45. The number of halogens is 2. The molecule has 0 fully saturated rings. The van der Waals surface area contributed by atoms with Crippen LogP contribution in [0.1, 0.15) is 21.5 Å². The number of benzene rings is 4. The van der Waals surface area contributed by atoms with Gasteiger partial charge in [0.1, 0.15) is 5.75 Å². The highest BCUT2D eigenvalue weighted by Gasteiger charge is 2.19. The summed E-state index contributed by atoms with van der Waals surface area (Å²) in [4.78, 5) is 18.2. The Kier molecular flexibility index (Phi) is 5.53. The fourth-order valence-electron chi connectivity index (χ4n) is 4.08. The maximum Gasteiger partial charge on any atom is 0.344 e. The minimum absolute atomic E-state index is 0.431. The van der Waals surface area contributed by atoms with Crippen molar-refractivity contribution in [2.24, 2.45) is 0 Å². The summed E-state index contributed by atoms with van der Waals surface area (Å²) >= 11 is 12.5. The first-order valence-corrected chi connectivity index (χ1v) is 11.2. The molecule has 1 aromatic heterocycles. The lowest BCUT2D eigenvalue weighted by atomic mass is 10.00. The van der Waals surface area contributed by atoms with Crippen molar-refractivity contribution in [1.29, 1.82) is 0 Å². The van der Waals surface area contributed by atoms with Crippen LogP contribution in [-0.4, -0.2) is 11.0 Å². The molecule has 4 aromatic carbocycles. The van der Waals surface area contributed by atoms with Crippen LogP contribution in [0.2, 0.25) is 10.0 Å². The first kappa shape index (κ1) is 21.4. The van der Waals surface area contributed by atoms with Gasteiger partial charge >= 0.3 is 5.97 Å². The highest BCUT2D eigenvalue weighted by molar-refractivity contribution is 6.36. The summed E-state index contributed by atoms with van der Waals surface area (Å²) in [6, 6.07) is 24.5. The molecular weight excluding hydrogens is 453 g/mol. The second-order valence-corrected chi connectivity index (χ2v) is 8.90. The molecule has 0 bridgehead atoms. The predicted octanol–water partition coefficient (Wildman–Crippen LogP) is 8.20. The lowest BCUT2D eigenvalue weighted by Crippen LogP contribution is -2.10. The van der Waals surface area contributed by atoms with E-state index < -0.39 is 5.97 Å². The number of carbonyl (C=O) groups excluding carboxylic acids is 1. The normalized spacial score (nSPS) is 11.2. The summed E-state index contributed by atoms with van der Waals surface area (Å²) in [5.74, 6) is 0.0353. The zero-order valence-electron chi connectivity index (χ0n) is 18.0. The van der Waals surface area contributed by atoms with Gasteiger partial charge in [0, 0.05) is 16.0 Å². The summed E-state index contributed by atoms with van der Waals surface area (Å²) in [6.45, 7) is 3.98. The lowest BCUT2D eigenvalue weighted by molar-refractivity contribution is 0.0737. The number of pyridine rings is 1. The van der Waals surface area contributed by atoms with E-state index in [1.165, 1.54) is 0 Å². The third kappa shape index (κ3) is 4.18. The monoisotopic (exact) mass is 471 g/mol. The van der Waals surface area contributed by atoms with E-state index >= 15 is 0 Å². The van der Waals surface area contributed by atoms with E-state index in [1.807, 2.05) is 62.4 Å². The minimum atomic E-state index is -0.450. The molecule has 1 heterocycles. The van der Waals surface area contributed by atoms with E-state index in [1.54, 1.807) is 30.3 Å². The van der Waals surface area contributed by atoms with Crippen LogP contribution in [0.5, 0.6) is 5.75 Å². The van der Waals surface area contributed by atoms with Gasteiger partial charge < -0.3 is 4.74 Å². The average molecular weight is 472 g/mol. The SMILES string of the molecule is Cc1cc(C)c2nc(-c3ccc(Cl)cc3Cl)cc(C(=O)Oc3ccc4ccccc4c3)c2c1. The molecule has 0 radical (unpaired) electrons. The number of hydrogen-bond acceptors (Lipinski definition) is 3. The van der Waals surface area contributed by atoms with Crippen LogP contribution in [-0.2, 0) is 0 Å². The van der Waals surface area contributed by atoms with E-state index in [2.05, 4.69) is 0 Å². The van der Waals surface area contributed by atoms with Gasteiger partial charge in [-0.25, -0.2) is 9.78 Å². The quantitative estimate of drug-likeness (QED) is 0.196. The van der Waals surface area contributed by atoms with Gasteiger partial charge in [0.15, 0.2) is 0 Å². The maximum absolute atomic E-state index is 13.4. The Morgan fingerprint density at radius 2 is 1.64 bits per heavy atom. The van der Waals surface area contributed by atoms with Gasteiger partial charge in [-0.05, 0) is 72.6 Å². The summed E-state index contributed by atoms with van der Waals surface area (Å²) in [5, 5.41) is 3.83. The largest absolute Gasteiger partial charge is 0.423 e. The molecule has 3 nitrogen and oxygen atoms in total. The van der Waals surface area contributed by atoms with Gasteiger partial charge in [-0.1, -0.05) is 65.2 Å². The van der Waals surface area contributed by atoms with E-state index in [-0.39, 0.29) is 0 Å². The van der Waals surface area contributed by atoms with E-state index in [0.29, 0.717) is 32.6 Å². The van der Waals surface area contributed by atoms with Crippen LogP contribution < -0.4 is 4.74 Å². The Hall–Kier alpha value is -3.40. The van der Waals surface area contributed by atoms with E-state index in [4.69, 9.17) is 32.9 Å². The number of rotatable bonds is 3. The standard InChI is InChI=1S/C28H19Cl2NO2/c1-16-11-17(2)27-23(12-16)24(15-26(31-27)22-10-8-20(29)14-25(22)30)28(32)33-21-9-7-18-5-3-4-6-19(18)13-21/h3-15H,1-2H3. The smallest absolute Gasteiger partial charge is 0.344 e. The third-order valence-corrected chi connectivity index (χ3v) is 6.15. The third-order valence-electron chi connectivity index (χ3n) is 5.61. The van der Waals surface area contributed by atoms with Crippen molar-refractivity contribution in [3.05, 3.63) is 106 Å². The highest BCUT2D eigenvalue weighted by Crippen LogP contribution is 2.33. The van der Waals surface area contributed by atoms with E-state index in [9.17, 15) is 4.79 Å². The Morgan fingerprint density at radius 1 is 0.848 bits per heavy atom. The van der Waals surface area contributed by atoms with Gasteiger partial charge in [-0.2, -0.15) is 0 Å². The van der Waals surface area contributed by atoms with Gasteiger partial charge in [0.2, 0.25) is 0 Å². The van der Waals surface area contributed by atoms with Crippen LogP contribution in [0.15, 0.2) is 78.9 Å². The molecular formula is C28H19Cl2NO2. The molecule has 0 unspecified atom stereocenters. The van der Waals surface area contributed by atoms with E-state index in [0.717, 1.165) is 32.8 Å². The fourth-order valence-corrected chi connectivity index (χ4v) is 4.58. The van der Waals surface area contributed by atoms with Crippen molar-refractivity contribution >= 4 is 50.8 Å². The van der Waals surface area contributed by atoms with Gasteiger partial charge in [-0.3, -0.25) is 0 Å². The van der Waals surface area contributed by atoms with Crippen LogP contribution in [0.4, 0.5) is 0 Å². The van der Waals surface area contributed by atoms with Crippen molar-refractivity contribution in [2.45, 2.75) is 13.8 Å². The molecule has 0 aliphatic heterocycles. The highest BCUT2D eigenvalue weighted by atomic mass is 35.5. The first-order valence-electron chi connectivity index (χ1n) is 10.5. The molecule has 5 rings (SSSR count). The lowest BCUT2D eigenvalue weighted by Gasteiger charge is -2.13. The second-order valence-electron chi connectivity index (χ2n) is 8.06.